The highest BCUT2D eigenvalue weighted by Crippen LogP contribution is 2.25. The van der Waals surface area contributed by atoms with Crippen LogP contribution in [0, 0.1) is 17.3 Å². The molecule has 4 heteroatoms. The van der Waals surface area contributed by atoms with Crippen LogP contribution < -0.4 is 5.32 Å². The van der Waals surface area contributed by atoms with E-state index in [0.29, 0.717) is 17.7 Å². The third kappa shape index (κ3) is 5.54. The molecule has 0 aromatic carbocycles. The summed E-state index contributed by atoms with van der Waals surface area (Å²) in [6.07, 6.45) is 7.06. The van der Waals surface area contributed by atoms with Crippen molar-refractivity contribution in [2.45, 2.75) is 52.4 Å². The Bertz CT molecular complexity index is 343. The first-order valence-electron chi connectivity index (χ1n) is 8.99. The van der Waals surface area contributed by atoms with Crippen LogP contribution in [0.4, 0.5) is 0 Å². The number of carbonyl (C=O) groups is 1. The predicted molar refractivity (Wildman–Crippen MR) is 89.8 cm³/mol. The lowest BCUT2D eigenvalue weighted by atomic mass is 9.90. The largest absolute Gasteiger partial charge is 0.384 e. The summed E-state index contributed by atoms with van der Waals surface area (Å²) in [5.74, 6) is 1.27. The quantitative estimate of drug-likeness (QED) is 0.786. The van der Waals surface area contributed by atoms with Gasteiger partial charge in [0.25, 0.3) is 0 Å². The van der Waals surface area contributed by atoms with E-state index < -0.39 is 0 Å². The van der Waals surface area contributed by atoms with Gasteiger partial charge in [-0.2, -0.15) is 0 Å². The molecule has 128 valence electrons. The minimum absolute atomic E-state index is 0.221. The highest BCUT2D eigenvalue weighted by Gasteiger charge is 2.27. The zero-order valence-corrected chi connectivity index (χ0v) is 14.7. The number of hydrogen-bond donors (Lipinski definition) is 1. The summed E-state index contributed by atoms with van der Waals surface area (Å²) in [4.78, 5) is 14.6. The van der Waals surface area contributed by atoms with E-state index in [-0.39, 0.29) is 5.41 Å². The van der Waals surface area contributed by atoms with Crippen molar-refractivity contribution in [2.24, 2.45) is 17.3 Å². The minimum Gasteiger partial charge on any atom is -0.384 e. The number of likely N-dealkylation sites (tertiary alicyclic amines) is 1. The summed E-state index contributed by atoms with van der Waals surface area (Å²) in [7, 11) is 1.78. The second-order valence-electron chi connectivity index (χ2n) is 8.04. The number of nitrogens with zero attached hydrogens (tertiary/aromatic N) is 1. The van der Waals surface area contributed by atoms with Gasteiger partial charge in [-0.15, -0.1) is 0 Å². The van der Waals surface area contributed by atoms with Crippen molar-refractivity contribution in [3.63, 3.8) is 0 Å². The molecule has 22 heavy (non-hydrogen) atoms. The molecular weight excluding hydrogens is 276 g/mol. The van der Waals surface area contributed by atoms with Crippen LogP contribution in [-0.4, -0.2) is 50.7 Å². The minimum atomic E-state index is 0.221. The monoisotopic (exact) mass is 310 g/mol. The third-order valence-electron chi connectivity index (χ3n) is 5.18. The van der Waals surface area contributed by atoms with Crippen LogP contribution in [0.15, 0.2) is 0 Å². The Labute approximate surface area is 136 Å². The fourth-order valence-electron chi connectivity index (χ4n) is 3.97. The number of methoxy groups -OCH3 is 1. The Balaban J connectivity index is 1.63. The van der Waals surface area contributed by atoms with Crippen LogP contribution in [-0.2, 0) is 9.53 Å². The Hall–Kier alpha value is -0.610. The highest BCUT2D eigenvalue weighted by molar-refractivity contribution is 5.78. The number of hydrogen-bond acceptors (Lipinski definition) is 3. The van der Waals surface area contributed by atoms with Crippen molar-refractivity contribution in [3.8, 4) is 0 Å². The zero-order valence-electron chi connectivity index (χ0n) is 14.7. The zero-order chi connectivity index (χ0) is 16.0. The Kier molecular flexibility index (Phi) is 6.69. The molecule has 1 aliphatic carbocycles. The molecule has 2 rings (SSSR count). The normalized spacial score (nSPS) is 22.1. The number of rotatable bonds is 7. The maximum Gasteiger partial charge on any atom is 0.223 e. The molecule has 1 saturated carbocycles. The summed E-state index contributed by atoms with van der Waals surface area (Å²) in [6.45, 7) is 9.63. The van der Waals surface area contributed by atoms with Crippen molar-refractivity contribution in [1.82, 2.24) is 10.2 Å². The van der Waals surface area contributed by atoms with Gasteiger partial charge in [0.05, 0.1) is 6.61 Å². The van der Waals surface area contributed by atoms with Crippen molar-refractivity contribution >= 4 is 5.91 Å². The molecule has 1 amide bonds. The van der Waals surface area contributed by atoms with Gasteiger partial charge in [-0.25, -0.2) is 0 Å². The second-order valence-corrected chi connectivity index (χ2v) is 8.04. The second kappa shape index (κ2) is 8.30. The Morgan fingerprint density at radius 2 is 1.82 bits per heavy atom. The van der Waals surface area contributed by atoms with E-state index in [4.69, 9.17) is 4.74 Å². The topological polar surface area (TPSA) is 41.6 Å². The molecule has 2 aliphatic rings. The molecule has 0 unspecified atom stereocenters. The highest BCUT2D eigenvalue weighted by atomic mass is 16.5. The van der Waals surface area contributed by atoms with Gasteiger partial charge in [0.15, 0.2) is 0 Å². The average molecular weight is 310 g/mol. The van der Waals surface area contributed by atoms with Gasteiger partial charge in [0.2, 0.25) is 5.91 Å². The van der Waals surface area contributed by atoms with Gasteiger partial charge in [-0.1, -0.05) is 26.7 Å². The van der Waals surface area contributed by atoms with Gasteiger partial charge >= 0.3 is 0 Å². The van der Waals surface area contributed by atoms with E-state index in [2.05, 4.69) is 24.1 Å². The van der Waals surface area contributed by atoms with Crippen molar-refractivity contribution < 1.29 is 9.53 Å². The smallest absolute Gasteiger partial charge is 0.223 e. The number of piperidine rings is 1. The van der Waals surface area contributed by atoms with E-state index in [0.717, 1.165) is 45.6 Å². The van der Waals surface area contributed by atoms with Gasteiger partial charge in [0.1, 0.15) is 0 Å². The molecule has 0 spiro atoms. The third-order valence-corrected chi connectivity index (χ3v) is 5.18. The molecule has 1 N–H and O–H groups in total. The number of nitrogens with one attached hydrogen (secondary N) is 1. The van der Waals surface area contributed by atoms with Gasteiger partial charge in [-0.05, 0) is 44.7 Å². The van der Waals surface area contributed by atoms with Crippen LogP contribution in [0.5, 0.6) is 0 Å². The molecule has 0 bridgehead atoms. The first-order valence-corrected chi connectivity index (χ1v) is 8.99. The molecule has 0 aromatic rings. The lowest BCUT2D eigenvalue weighted by molar-refractivity contribution is -0.125. The van der Waals surface area contributed by atoms with E-state index in [9.17, 15) is 4.79 Å². The van der Waals surface area contributed by atoms with E-state index >= 15 is 0 Å². The van der Waals surface area contributed by atoms with Crippen molar-refractivity contribution in [2.75, 3.05) is 39.9 Å². The summed E-state index contributed by atoms with van der Waals surface area (Å²) in [5, 5.41) is 3.20. The molecular formula is C18H34N2O2. The fourth-order valence-corrected chi connectivity index (χ4v) is 3.97. The van der Waals surface area contributed by atoms with Crippen LogP contribution in [0.3, 0.4) is 0 Å². The molecule has 1 saturated heterocycles. The van der Waals surface area contributed by atoms with Crippen LogP contribution >= 0.6 is 0 Å². The summed E-state index contributed by atoms with van der Waals surface area (Å²) in [6, 6.07) is 0. The molecule has 0 atom stereocenters. The average Bonchev–Trinajstić information content (AvgIpc) is 3.00. The Morgan fingerprint density at radius 3 is 2.41 bits per heavy atom. The standard InChI is InChI=1S/C18H34N2O2/c1-18(2,14-22-3)13-20-10-8-15(9-11-20)12-19-17(21)16-6-4-5-7-16/h15-16H,4-14H2,1-3H3,(H,19,21). The number of carbonyl (C=O) groups excluding carboxylic acids is 1. The molecule has 4 nitrogen and oxygen atoms in total. The first-order chi connectivity index (χ1) is 10.5. The summed E-state index contributed by atoms with van der Waals surface area (Å²) < 4.78 is 5.31. The Morgan fingerprint density at radius 1 is 1.18 bits per heavy atom. The lowest BCUT2D eigenvalue weighted by Crippen LogP contribution is -2.44. The maximum atomic E-state index is 12.1. The van der Waals surface area contributed by atoms with Gasteiger partial charge in [0, 0.05) is 31.5 Å². The van der Waals surface area contributed by atoms with E-state index in [1.807, 2.05) is 0 Å². The molecule has 2 fully saturated rings. The molecule has 0 aromatic heterocycles. The predicted octanol–water partition coefficient (Wildman–Crippen LogP) is 2.68. The van der Waals surface area contributed by atoms with Gasteiger partial charge < -0.3 is 15.0 Å². The van der Waals surface area contributed by atoms with Crippen molar-refractivity contribution in [1.29, 1.82) is 0 Å². The molecule has 0 radical (unpaired) electrons. The van der Waals surface area contributed by atoms with Crippen LogP contribution in [0.1, 0.15) is 52.4 Å². The SMILES string of the molecule is COCC(C)(C)CN1CCC(CNC(=O)C2CCCC2)CC1. The first kappa shape index (κ1) is 17.7. The lowest BCUT2D eigenvalue weighted by Gasteiger charge is -2.37. The fraction of sp³-hybridized carbons (Fsp3) is 0.944. The van der Waals surface area contributed by atoms with Crippen molar-refractivity contribution in [3.05, 3.63) is 0 Å². The maximum absolute atomic E-state index is 12.1. The number of ether oxygens (including phenoxy) is 1. The van der Waals surface area contributed by atoms with Gasteiger partial charge in [-0.3, -0.25) is 4.79 Å². The van der Waals surface area contributed by atoms with Crippen LogP contribution in [0.25, 0.3) is 0 Å². The van der Waals surface area contributed by atoms with E-state index in [1.54, 1.807) is 7.11 Å². The number of amides is 1. The molecule has 1 aliphatic heterocycles. The summed E-state index contributed by atoms with van der Waals surface area (Å²) in [5.41, 5.74) is 0.221. The van der Waals surface area contributed by atoms with Crippen LogP contribution in [0.2, 0.25) is 0 Å². The van der Waals surface area contributed by atoms with E-state index in [1.165, 1.54) is 25.7 Å². The summed E-state index contributed by atoms with van der Waals surface area (Å²) >= 11 is 0. The molecule has 1 heterocycles.